The summed E-state index contributed by atoms with van der Waals surface area (Å²) in [5.41, 5.74) is 0. The molecule has 0 radical (unpaired) electrons. The number of hydrogen-bond donors (Lipinski definition) is 1. The Morgan fingerprint density at radius 1 is 1.78 bits per heavy atom. The highest BCUT2D eigenvalue weighted by atomic mass is 32.1. The fourth-order valence-corrected chi connectivity index (χ4v) is 1.38. The van der Waals surface area contributed by atoms with Crippen LogP contribution in [0.15, 0.2) is 0 Å². The maximum Gasteiger partial charge on any atom is 0.129 e. The molecule has 3 atom stereocenters. The molecule has 1 aliphatic heterocycles. The normalized spacial score (nSPS) is 43.7. The molecule has 1 heterocycles. The average molecular weight is 150 g/mol. The van der Waals surface area contributed by atoms with Crippen LogP contribution in [0.25, 0.3) is 0 Å². The van der Waals surface area contributed by atoms with Gasteiger partial charge in [-0.2, -0.15) is 12.6 Å². The van der Waals surface area contributed by atoms with E-state index in [0.717, 1.165) is 0 Å². The van der Waals surface area contributed by atoms with Crippen LogP contribution in [-0.2, 0) is 4.74 Å². The summed E-state index contributed by atoms with van der Waals surface area (Å²) in [4.78, 5) is 0. The molecule has 0 amide bonds. The van der Waals surface area contributed by atoms with Crippen molar-refractivity contribution in [2.24, 2.45) is 0 Å². The Hall–Kier alpha value is 0.240. The van der Waals surface area contributed by atoms with E-state index in [1.807, 2.05) is 6.92 Å². The highest BCUT2D eigenvalue weighted by Gasteiger charge is 2.31. The van der Waals surface area contributed by atoms with Crippen molar-refractivity contribution in [1.82, 2.24) is 0 Å². The van der Waals surface area contributed by atoms with Crippen molar-refractivity contribution in [1.29, 1.82) is 0 Å². The van der Waals surface area contributed by atoms with Crippen molar-refractivity contribution in [3.63, 3.8) is 0 Å². The quantitative estimate of drug-likeness (QED) is 0.556. The molecule has 0 N–H and O–H groups in total. The van der Waals surface area contributed by atoms with Gasteiger partial charge in [0, 0.05) is 12.2 Å². The highest BCUT2D eigenvalue weighted by Crippen LogP contribution is 2.23. The van der Waals surface area contributed by atoms with Crippen LogP contribution in [0.5, 0.6) is 0 Å². The van der Waals surface area contributed by atoms with Crippen molar-refractivity contribution in [2.75, 3.05) is 5.75 Å². The van der Waals surface area contributed by atoms with Gasteiger partial charge < -0.3 is 4.74 Å². The lowest BCUT2D eigenvalue weighted by Gasteiger charge is -2.07. The smallest absolute Gasteiger partial charge is 0.129 e. The minimum absolute atomic E-state index is 0.0807. The molecule has 1 saturated heterocycles. The van der Waals surface area contributed by atoms with Crippen molar-refractivity contribution < 1.29 is 9.13 Å². The fraction of sp³-hybridized carbons (Fsp3) is 1.00. The Bertz CT molecular complexity index is 99.1. The Balaban J connectivity index is 2.38. The van der Waals surface area contributed by atoms with Gasteiger partial charge in [-0.25, -0.2) is 4.39 Å². The second kappa shape index (κ2) is 2.88. The topological polar surface area (TPSA) is 9.23 Å². The molecule has 0 aliphatic carbocycles. The number of alkyl halides is 1. The second-order valence-corrected chi connectivity index (χ2v) is 2.78. The van der Waals surface area contributed by atoms with Gasteiger partial charge in [0.2, 0.25) is 0 Å². The number of rotatable bonds is 1. The van der Waals surface area contributed by atoms with Gasteiger partial charge in [-0.05, 0) is 6.92 Å². The van der Waals surface area contributed by atoms with E-state index in [2.05, 4.69) is 12.6 Å². The summed E-state index contributed by atoms with van der Waals surface area (Å²) in [5, 5.41) is 0. The van der Waals surface area contributed by atoms with Crippen molar-refractivity contribution in [3.05, 3.63) is 0 Å². The lowest BCUT2D eigenvalue weighted by Crippen LogP contribution is -2.18. The van der Waals surface area contributed by atoms with Crippen LogP contribution in [0.3, 0.4) is 0 Å². The summed E-state index contributed by atoms with van der Waals surface area (Å²) in [5.74, 6) is 0.492. The third-order valence-corrected chi connectivity index (χ3v) is 1.91. The van der Waals surface area contributed by atoms with Crippen LogP contribution >= 0.6 is 12.6 Å². The third-order valence-electron chi connectivity index (χ3n) is 1.55. The van der Waals surface area contributed by atoms with E-state index in [0.29, 0.717) is 12.2 Å². The molecule has 0 aromatic carbocycles. The predicted octanol–water partition coefficient (Wildman–Crippen LogP) is 1.43. The molecular formula is C6H11FOS. The predicted molar refractivity (Wildman–Crippen MR) is 37.7 cm³/mol. The Morgan fingerprint density at radius 2 is 2.44 bits per heavy atom. The van der Waals surface area contributed by atoms with Crippen molar-refractivity contribution >= 4 is 12.6 Å². The first kappa shape index (κ1) is 7.35. The zero-order chi connectivity index (χ0) is 6.85. The highest BCUT2D eigenvalue weighted by molar-refractivity contribution is 7.80. The van der Waals surface area contributed by atoms with Crippen LogP contribution in [0, 0.1) is 0 Å². The van der Waals surface area contributed by atoms with E-state index >= 15 is 0 Å². The van der Waals surface area contributed by atoms with Gasteiger partial charge in [0.15, 0.2) is 0 Å². The maximum atomic E-state index is 12.7. The molecule has 9 heavy (non-hydrogen) atoms. The van der Waals surface area contributed by atoms with Gasteiger partial charge in [-0.15, -0.1) is 0 Å². The van der Waals surface area contributed by atoms with E-state index < -0.39 is 6.17 Å². The number of halogens is 1. The SMILES string of the molecule is CC1C[C@H](F)[C@@H](CS)O1. The molecule has 0 spiro atoms. The molecule has 1 fully saturated rings. The minimum Gasteiger partial charge on any atom is -0.371 e. The molecular weight excluding hydrogens is 139 g/mol. The Kier molecular flexibility index (Phi) is 2.35. The van der Waals surface area contributed by atoms with Gasteiger partial charge in [-0.1, -0.05) is 0 Å². The summed E-state index contributed by atoms with van der Waals surface area (Å²) in [6.45, 7) is 1.88. The zero-order valence-electron chi connectivity index (χ0n) is 5.38. The minimum atomic E-state index is -0.794. The van der Waals surface area contributed by atoms with Crippen molar-refractivity contribution in [2.45, 2.75) is 31.7 Å². The van der Waals surface area contributed by atoms with Crippen LogP contribution in [0.4, 0.5) is 4.39 Å². The van der Waals surface area contributed by atoms with E-state index in [9.17, 15) is 4.39 Å². The molecule has 1 nitrogen and oxygen atoms in total. The summed E-state index contributed by atoms with van der Waals surface area (Å²) >= 11 is 3.95. The summed E-state index contributed by atoms with van der Waals surface area (Å²) in [6, 6.07) is 0. The zero-order valence-corrected chi connectivity index (χ0v) is 6.27. The summed E-state index contributed by atoms with van der Waals surface area (Å²) in [6.07, 6.45) is -0.441. The first-order chi connectivity index (χ1) is 4.24. The first-order valence-electron chi connectivity index (χ1n) is 3.14. The Labute approximate surface area is 60.0 Å². The molecule has 54 valence electrons. The van der Waals surface area contributed by atoms with Gasteiger partial charge in [0.05, 0.1) is 12.2 Å². The summed E-state index contributed by atoms with van der Waals surface area (Å²) in [7, 11) is 0. The van der Waals surface area contributed by atoms with Gasteiger partial charge in [0.25, 0.3) is 0 Å². The van der Waals surface area contributed by atoms with E-state index in [-0.39, 0.29) is 12.2 Å². The molecule has 1 unspecified atom stereocenters. The molecule has 3 heteroatoms. The van der Waals surface area contributed by atoms with E-state index in [1.54, 1.807) is 0 Å². The second-order valence-electron chi connectivity index (χ2n) is 2.42. The van der Waals surface area contributed by atoms with E-state index in [1.165, 1.54) is 0 Å². The van der Waals surface area contributed by atoms with Crippen LogP contribution < -0.4 is 0 Å². The lowest BCUT2D eigenvalue weighted by molar-refractivity contribution is 0.0528. The molecule has 0 bridgehead atoms. The molecule has 0 aromatic heterocycles. The number of hydrogen-bond acceptors (Lipinski definition) is 2. The van der Waals surface area contributed by atoms with Gasteiger partial charge in [-0.3, -0.25) is 0 Å². The van der Waals surface area contributed by atoms with Crippen molar-refractivity contribution in [3.8, 4) is 0 Å². The number of ether oxygens (including phenoxy) is 1. The summed E-state index contributed by atoms with van der Waals surface area (Å²) < 4.78 is 17.8. The lowest BCUT2D eigenvalue weighted by atomic mass is 10.2. The maximum absolute atomic E-state index is 12.7. The monoisotopic (exact) mass is 150 g/mol. The average Bonchev–Trinajstić information content (AvgIpc) is 2.10. The van der Waals surface area contributed by atoms with Crippen LogP contribution in [-0.4, -0.2) is 24.1 Å². The number of thiol groups is 1. The molecule has 1 rings (SSSR count). The largest absolute Gasteiger partial charge is 0.371 e. The fourth-order valence-electron chi connectivity index (χ4n) is 1.07. The van der Waals surface area contributed by atoms with Gasteiger partial charge >= 0.3 is 0 Å². The van der Waals surface area contributed by atoms with Gasteiger partial charge in [0.1, 0.15) is 6.17 Å². The van der Waals surface area contributed by atoms with Crippen LogP contribution in [0.1, 0.15) is 13.3 Å². The van der Waals surface area contributed by atoms with E-state index in [4.69, 9.17) is 4.74 Å². The van der Waals surface area contributed by atoms with Crippen LogP contribution in [0.2, 0.25) is 0 Å². The molecule has 1 aliphatic rings. The first-order valence-corrected chi connectivity index (χ1v) is 3.77. The molecule has 0 saturated carbocycles. The molecule has 0 aromatic rings. The standard InChI is InChI=1S/C6H11FOS/c1-4-2-5(7)6(3-9)8-4/h4-6,9H,2-3H2,1H3/t4?,5-,6+/m0/s1. The third kappa shape index (κ3) is 1.58. The Morgan fingerprint density at radius 3 is 2.67 bits per heavy atom.